The second kappa shape index (κ2) is 6.13. The molecule has 4 atom stereocenters. The summed E-state index contributed by atoms with van der Waals surface area (Å²) >= 11 is 0. The van der Waals surface area contributed by atoms with E-state index in [1.807, 2.05) is 0 Å². The predicted molar refractivity (Wildman–Crippen MR) is 127 cm³/mol. The highest BCUT2D eigenvalue weighted by atomic mass is 16.5. The van der Waals surface area contributed by atoms with Crippen molar-refractivity contribution in [3.63, 3.8) is 0 Å². The third-order valence-electron chi connectivity index (χ3n) is 9.35. The lowest BCUT2D eigenvalue weighted by Crippen LogP contribution is -2.24. The molecule has 0 radical (unpaired) electrons. The summed E-state index contributed by atoms with van der Waals surface area (Å²) in [6, 6.07) is 31.1. The van der Waals surface area contributed by atoms with Gasteiger partial charge in [-0.05, 0) is 69.1 Å². The largest absolute Gasteiger partial charge is 0.497 e. The van der Waals surface area contributed by atoms with E-state index in [2.05, 4.69) is 106 Å². The van der Waals surface area contributed by atoms with Crippen LogP contribution >= 0.6 is 0 Å². The minimum atomic E-state index is 0.119. The van der Waals surface area contributed by atoms with Crippen molar-refractivity contribution < 1.29 is 4.74 Å². The first-order chi connectivity index (χ1) is 15.0. The van der Waals surface area contributed by atoms with Gasteiger partial charge in [0.1, 0.15) is 5.75 Å². The maximum absolute atomic E-state index is 5.48. The minimum absolute atomic E-state index is 0.119. The Morgan fingerprint density at radius 1 is 0.774 bits per heavy atom. The van der Waals surface area contributed by atoms with Gasteiger partial charge < -0.3 is 4.74 Å². The van der Waals surface area contributed by atoms with Gasteiger partial charge in [-0.25, -0.2) is 0 Å². The maximum atomic E-state index is 5.48. The average Bonchev–Trinajstić information content (AvgIpc) is 3.00. The van der Waals surface area contributed by atoms with Crippen molar-refractivity contribution in [2.24, 2.45) is 22.7 Å². The number of ether oxygens (including phenoxy) is 1. The van der Waals surface area contributed by atoms with Crippen LogP contribution in [-0.2, 0) is 5.41 Å². The molecule has 0 heterocycles. The summed E-state index contributed by atoms with van der Waals surface area (Å²) in [6.07, 6.45) is 1.30. The third kappa shape index (κ3) is 2.08. The van der Waals surface area contributed by atoms with Crippen molar-refractivity contribution >= 4 is 5.57 Å². The summed E-state index contributed by atoms with van der Waals surface area (Å²) in [4.78, 5) is 0. The second-order valence-corrected chi connectivity index (χ2v) is 10.3. The summed E-state index contributed by atoms with van der Waals surface area (Å²) in [7, 11) is 1.75. The van der Waals surface area contributed by atoms with Crippen LogP contribution in [0, 0.1) is 22.7 Å². The SMILES string of the molecule is COc1ccc(C23C(=C(c4ccccc4)c4ccccc4)C4CC2C3(C)C4(C)C)cc1. The highest BCUT2D eigenvalue weighted by Gasteiger charge is 2.91. The molecule has 0 aromatic heterocycles. The Morgan fingerprint density at radius 3 is 1.77 bits per heavy atom. The molecular weight excluding hydrogens is 376 g/mol. The molecule has 1 nitrogen and oxygen atoms in total. The van der Waals surface area contributed by atoms with Crippen LogP contribution in [0.15, 0.2) is 90.5 Å². The average molecular weight is 407 g/mol. The number of hydrogen-bond donors (Lipinski definition) is 0. The van der Waals surface area contributed by atoms with Crippen LogP contribution in [0.5, 0.6) is 5.75 Å². The third-order valence-corrected chi connectivity index (χ3v) is 9.35. The molecule has 0 amide bonds. The van der Waals surface area contributed by atoms with Gasteiger partial charge in [-0.3, -0.25) is 0 Å². The van der Waals surface area contributed by atoms with E-state index in [-0.39, 0.29) is 10.8 Å². The molecular formula is C30H30O. The van der Waals surface area contributed by atoms with Crippen LogP contribution in [0.3, 0.4) is 0 Å². The molecule has 4 bridgehead atoms. The summed E-state index contributed by atoms with van der Waals surface area (Å²) in [5, 5.41) is 0. The lowest BCUT2D eigenvalue weighted by molar-refractivity contribution is 0.202. The fourth-order valence-electron chi connectivity index (χ4n) is 7.76. The summed E-state index contributed by atoms with van der Waals surface area (Å²) < 4.78 is 5.48. The number of rotatable bonds is 4. The summed E-state index contributed by atoms with van der Waals surface area (Å²) in [5.74, 6) is 2.26. The van der Waals surface area contributed by atoms with Gasteiger partial charge in [0.15, 0.2) is 0 Å². The standard InChI is InChI=1S/C30H30O/c1-28(2)24-19-25-29(28,3)30(25,22-15-17-23(31-4)18-16-22)27(24)26(20-11-7-5-8-12-20)21-13-9-6-10-14-21/h5-18,24-25H,19H2,1-4H3. The Morgan fingerprint density at radius 2 is 1.32 bits per heavy atom. The van der Waals surface area contributed by atoms with Crippen LogP contribution in [0.25, 0.3) is 5.57 Å². The van der Waals surface area contributed by atoms with Crippen molar-refractivity contribution in [2.75, 3.05) is 7.11 Å². The molecule has 4 aliphatic rings. The van der Waals surface area contributed by atoms with Gasteiger partial charge in [-0.1, -0.05) is 93.6 Å². The highest BCUT2D eigenvalue weighted by molar-refractivity contribution is 5.88. The van der Waals surface area contributed by atoms with E-state index < -0.39 is 0 Å². The van der Waals surface area contributed by atoms with Gasteiger partial charge in [0.25, 0.3) is 0 Å². The molecule has 0 saturated heterocycles. The van der Waals surface area contributed by atoms with Crippen molar-refractivity contribution in [3.05, 3.63) is 107 Å². The van der Waals surface area contributed by atoms with E-state index in [1.165, 1.54) is 28.7 Å². The van der Waals surface area contributed by atoms with Gasteiger partial charge in [-0.15, -0.1) is 0 Å². The first kappa shape index (κ1) is 18.9. The zero-order valence-electron chi connectivity index (χ0n) is 18.9. The van der Waals surface area contributed by atoms with Gasteiger partial charge in [0.05, 0.1) is 7.11 Å². The van der Waals surface area contributed by atoms with Gasteiger partial charge in [0.2, 0.25) is 0 Å². The lowest BCUT2D eigenvalue weighted by atomic mass is 9.74. The molecule has 0 aliphatic heterocycles. The second-order valence-electron chi connectivity index (χ2n) is 10.3. The molecule has 1 heteroatoms. The zero-order chi connectivity index (χ0) is 21.4. The number of methoxy groups -OCH3 is 1. The molecule has 4 fully saturated rings. The van der Waals surface area contributed by atoms with E-state index in [1.54, 1.807) is 12.7 Å². The van der Waals surface area contributed by atoms with Gasteiger partial charge in [-0.2, -0.15) is 0 Å². The van der Waals surface area contributed by atoms with Crippen molar-refractivity contribution in [1.29, 1.82) is 0 Å². The van der Waals surface area contributed by atoms with Gasteiger partial charge >= 0.3 is 0 Å². The van der Waals surface area contributed by atoms with Crippen molar-refractivity contribution in [3.8, 4) is 5.75 Å². The Kier molecular flexibility index (Phi) is 3.74. The van der Waals surface area contributed by atoms with E-state index in [9.17, 15) is 0 Å². The van der Waals surface area contributed by atoms with Gasteiger partial charge in [0, 0.05) is 5.41 Å². The van der Waals surface area contributed by atoms with Crippen LogP contribution in [0.2, 0.25) is 0 Å². The first-order valence-electron chi connectivity index (χ1n) is 11.5. The molecule has 3 aromatic rings. The number of hydrogen-bond acceptors (Lipinski definition) is 1. The van der Waals surface area contributed by atoms with Crippen LogP contribution in [0.1, 0.15) is 43.9 Å². The molecule has 7 rings (SSSR count). The van der Waals surface area contributed by atoms with E-state index >= 15 is 0 Å². The van der Waals surface area contributed by atoms with Crippen LogP contribution in [0.4, 0.5) is 0 Å². The molecule has 4 aliphatic carbocycles. The Balaban J connectivity index is 1.68. The van der Waals surface area contributed by atoms with Crippen LogP contribution in [-0.4, -0.2) is 7.11 Å². The quantitative estimate of drug-likeness (QED) is 0.448. The molecule has 3 aromatic carbocycles. The molecule has 156 valence electrons. The molecule has 0 N–H and O–H groups in total. The maximum Gasteiger partial charge on any atom is 0.118 e. The van der Waals surface area contributed by atoms with E-state index in [4.69, 9.17) is 4.74 Å². The Labute approximate surface area is 185 Å². The normalized spacial score (nSPS) is 31.5. The fraction of sp³-hybridized carbons (Fsp3) is 0.333. The predicted octanol–water partition coefficient (Wildman–Crippen LogP) is 7.13. The molecule has 4 unspecified atom stereocenters. The summed E-state index contributed by atoms with van der Waals surface area (Å²) in [5.41, 5.74) is 7.97. The molecule has 0 spiro atoms. The number of allylic oxidation sites excluding steroid dienone is 1. The Hall–Kier alpha value is -2.80. The zero-order valence-corrected chi connectivity index (χ0v) is 18.9. The van der Waals surface area contributed by atoms with Crippen LogP contribution < -0.4 is 4.74 Å². The Bertz CT molecular complexity index is 1130. The monoisotopic (exact) mass is 406 g/mol. The van der Waals surface area contributed by atoms with E-state index in [0.29, 0.717) is 17.3 Å². The smallest absolute Gasteiger partial charge is 0.118 e. The molecule has 31 heavy (non-hydrogen) atoms. The molecule has 4 saturated carbocycles. The number of benzene rings is 3. The lowest BCUT2D eigenvalue weighted by Gasteiger charge is -2.29. The van der Waals surface area contributed by atoms with Crippen molar-refractivity contribution in [2.45, 2.75) is 32.6 Å². The topological polar surface area (TPSA) is 9.23 Å². The fourth-order valence-corrected chi connectivity index (χ4v) is 7.76. The highest BCUT2D eigenvalue weighted by Crippen LogP contribution is 2.94. The first-order valence-corrected chi connectivity index (χ1v) is 11.5. The van der Waals surface area contributed by atoms with E-state index in [0.717, 1.165) is 5.75 Å². The minimum Gasteiger partial charge on any atom is -0.497 e. The van der Waals surface area contributed by atoms with Crippen molar-refractivity contribution in [1.82, 2.24) is 0 Å². The summed E-state index contributed by atoms with van der Waals surface area (Å²) in [6.45, 7) is 7.59.